The van der Waals surface area contributed by atoms with Gasteiger partial charge >= 0.3 is 6.03 Å². The molecular formula is C17H24N4O2. The molecule has 0 radical (unpaired) electrons. The van der Waals surface area contributed by atoms with E-state index in [0.29, 0.717) is 37.1 Å². The topological polar surface area (TPSA) is 71.3 Å². The molecule has 6 heteroatoms. The number of benzene rings is 1. The Labute approximate surface area is 136 Å². The molecule has 0 aliphatic carbocycles. The van der Waals surface area contributed by atoms with Crippen molar-refractivity contribution in [3.8, 4) is 11.5 Å². The van der Waals surface area contributed by atoms with Crippen molar-refractivity contribution in [1.29, 1.82) is 0 Å². The van der Waals surface area contributed by atoms with Gasteiger partial charge in [0.2, 0.25) is 0 Å². The lowest BCUT2D eigenvalue weighted by atomic mass is 10.1. The molecule has 124 valence electrons. The van der Waals surface area contributed by atoms with Crippen LogP contribution >= 0.6 is 0 Å². The third-order valence-electron chi connectivity index (χ3n) is 3.45. The largest absolute Gasteiger partial charge is 0.338 e. The van der Waals surface area contributed by atoms with Crippen molar-refractivity contribution in [2.24, 2.45) is 5.92 Å². The highest BCUT2D eigenvalue weighted by molar-refractivity contribution is 5.73. The number of carbonyl (C=O) groups is 1. The van der Waals surface area contributed by atoms with Gasteiger partial charge in [-0.25, -0.2) is 4.79 Å². The fourth-order valence-electron chi connectivity index (χ4n) is 1.96. The highest BCUT2D eigenvalue weighted by atomic mass is 16.5. The minimum Gasteiger partial charge on any atom is -0.338 e. The van der Waals surface area contributed by atoms with Crippen molar-refractivity contribution in [3.63, 3.8) is 0 Å². The summed E-state index contributed by atoms with van der Waals surface area (Å²) in [6.07, 6.45) is 0.557. The van der Waals surface area contributed by atoms with Crippen molar-refractivity contribution < 1.29 is 9.32 Å². The van der Waals surface area contributed by atoms with Gasteiger partial charge in [-0.2, -0.15) is 4.98 Å². The van der Waals surface area contributed by atoms with Crippen molar-refractivity contribution in [3.05, 3.63) is 35.7 Å². The molecule has 2 aromatic rings. The number of hydrogen-bond acceptors (Lipinski definition) is 4. The third kappa shape index (κ3) is 5.09. The summed E-state index contributed by atoms with van der Waals surface area (Å²) in [5.74, 6) is 1.54. The van der Waals surface area contributed by atoms with E-state index in [9.17, 15) is 4.79 Å². The zero-order valence-electron chi connectivity index (χ0n) is 14.2. The van der Waals surface area contributed by atoms with Gasteiger partial charge in [-0.3, -0.25) is 0 Å². The minimum absolute atomic E-state index is 0.0825. The predicted molar refractivity (Wildman–Crippen MR) is 89.0 cm³/mol. The molecule has 0 saturated heterocycles. The van der Waals surface area contributed by atoms with Gasteiger partial charge in [0.15, 0.2) is 5.82 Å². The number of aromatic nitrogens is 2. The first-order valence-corrected chi connectivity index (χ1v) is 7.84. The molecule has 0 spiro atoms. The molecular weight excluding hydrogens is 292 g/mol. The molecule has 0 fully saturated rings. The monoisotopic (exact) mass is 316 g/mol. The molecule has 0 aliphatic rings. The number of amides is 2. The number of likely N-dealkylation sites (N-methyl/N-ethyl adjacent to an activating group) is 1. The minimum atomic E-state index is -0.0825. The average molecular weight is 316 g/mol. The van der Waals surface area contributed by atoms with Gasteiger partial charge in [-0.05, 0) is 25.0 Å². The summed E-state index contributed by atoms with van der Waals surface area (Å²) in [6, 6.07) is 7.84. The Morgan fingerprint density at radius 1 is 1.30 bits per heavy atom. The highest BCUT2D eigenvalue weighted by Gasteiger charge is 2.12. The van der Waals surface area contributed by atoms with Crippen LogP contribution in [0.25, 0.3) is 11.5 Å². The van der Waals surface area contributed by atoms with Gasteiger partial charge in [0.1, 0.15) is 0 Å². The second-order valence-electron chi connectivity index (χ2n) is 6.13. The van der Waals surface area contributed by atoms with Gasteiger partial charge in [-0.1, -0.05) is 36.7 Å². The Morgan fingerprint density at radius 3 is 2.65 bits per heavy atom. The Bertz CT molecular complexity index is 634. The van der Waals surface area contributed by atoms with Gasteiger partial charge in [-0.15, -0.1) is 0 Å². The zero-order chi connectivity index (χ0) is 16.8. The number of rotatable bonds is 6. The second-order valence-corrected chi connectivity index (χ2v) is 6.13. The summed E-state index contributed by atoms with van der Waals surface area (Å²) < 4.78 is 5.28. The van der Waals surface area contributed by atoms with Crippen LogP contribution in [0.3, 0.4) is 0 Å². The number of hydrogen-bond donors (Lipinski definition) is 1. The van der Waals surface area contributed by atoms with Crippen LogP contribution in [-0.2, 0) is 6.42 Å². The van der Waals surface area contributed by atoms with E-state index in [1.165, 1.54) is 5.56 Å². The van der Waals surface area contributed by atoms with Crippen LogP contribution in [0.5, 0.6) is 0 Å². The molecule has 0 bridgehead atoms. The second kappa shape index (κ2) is 7.76. The smallest absolute Gasteiger partial charge is 0.317 e. The number of urea groups is 1. The molecule has 1 heterocycles. The van der Waals surface area contributed by atoms with Crippen molar-refractivity contribution in [2.75, 3.05) is 20.1 Å². The maximum atomic E-state index is 11.9. The molecule has 0 atom stereocenters. The van der Waals surface area contributed by atoms with Crippen LogP contribution in [0.1, 0.15) is 25.2 Å². The summed E-state index contributed by atoms with van der Waals surface area (Å²) in [6.45, 7) is 7.36. The summed E-state index contributed by atoms with van der Waals surface area (Å²) in [7, 11) is 1.76. The van der Waals surface area contributed by atoms with E-state index in [4.69, 9.17) is 4.52 Å². The molecule has 0 aliphatic heterocycles. The van der Waals surface area contributed by atoms with E-state index >= 15 is 0 Å². The maximum absolute atomic E-state index is 11.9. The van der Waals surface area contributed by atoms with Gasteiger partial charge < -0.3 is 14.7 Å². The van der Waals surface area contributed by atoms with E-state index in [1.807, 2.05) is 31.2 Å². The van der Waals surface area contributed by atoms with Crippen LogP contribution in [-0.4, -0.2) is 41.2 Å². The molecule has 0 saturated carbocycles. The van der Waals surface area contributed by atoms with E-state index in [-0.39, 0.29) is 6.03 Å². The normalized spacial score (nSPS) is 10.8. The van der Waals surface area contributed by atoms with Crippen LogP contribution < -0.4 is 5.32 Å². The fraction of sp³-hybridized carbons (Fsp3) is 0.471. The summed E-state index contributed by atoms with van der Waals surface area (Å²) >= 11 is 0. The SMILES string of the molecule is Cc1ccc(-c2nc(CCN(C)C(=O)NCC(C)C)no2)cc1. The molecule has 2 rings (SSSR count). The fourth-order valence-corrected chi connectivity index (χ4v) is 1.96. The van der Waals surface area contributed by atoms with Crippen molar-refractivity contribution >= 4 is 6.03 Å². The molecule has 2 amide bonds. The van der Waals surface area contributed by atoms with Crippen LogP contribution in [0.4, 0.5) is 4.79 Å². The number of aryl methyl sites for hydroxylation is 1. The average Bonchev–Trinajstić information content (AvgIpc) is 2.99. The Hall–Kier alpha value is -2.37. The standard InChI is InChI=1S/C17H24N4O2/c1-12(2)11-18-17(22)21(4)10-9-15-19-16(23-20-15)14-7-5-13(3)6-8-14/h5-8,12H,9-11H2,1-4H3,(H,18,22). The Morgan fingerprint density at radius 2 is 2.00 bits per heavy atom. The van der Waals surface area contributed by atoms with E-state index in [2.05, 4.69) is 29.3 Å². The first kappa shape index (κ1) is 17.0. The summed E-state index contributed by atoms with van der Waals surface area (Å²) in [5.41, 5.74) is 2.08. The number of nitrogens with one attached hydrogen (secondary N) is 1. The van der Waals surface area contributed by atoms with Crippen LogP contribution in [0.2, 0.25) is 0 Å². The maximum Gasteiger partial charge on any atom is 0.317 e. The van der Waals surface area contributed by atoms with E-state index < -0.39 is 0 Å². The lowest BCUT2D eigenvalue weighted by Crippen LogP contribution is -2.39. The molecule has 1 N–H and O–H groups in total. The van der Waals surface area contributed by atoms with Crippen molar-refractivity contribution in [1.82, 2.24) is 20.4 Å². The Balaban J connectivity index is 1.87. The number of nitrogens with zero attached hydrogens (tertiary/aromatic N) is 3. The van der Waals surface area contributed by atoms with Crippen LogP contribution in [0, 0.1) is 12.8 Å². The first-order chi connectivity index (χ1) is 11.0. The number of carbonyl (C=O) groups excluding carboxylic acids is 1. The van der Waals surface area contributed by atoms with Gasteiger partial charge in [0.05, 0.1) is 0 Å². The summed E-state index contributed by atoms with van der Waals surface area (Å²) in [4.78, 5) is 17.9. The van der Waals surface area contributed by atoms with E-state index in [1.54, 1.807) is 11.9 Å². The van der Waals surface area contributed by atoms with Crippen molar-refractivity contribution in [2.45, 2.75) is 27.2 Å². The quantitative estimate of drug-likeness (QED) is 0.889. The van der Waals surface area contributed by atoms with Gasteiger partial charge in [0, 0.05) is 32.1 Å². The Kier molecular flexibility index (Phi) is 5.73. The molecule has 23 heavy (non-hydrogen) atoms. The zero-order valence-corrected chi connectivity index (χ0v) is 14.2. The molecule has 1 aromatic heterocycles. The summed E-state index contributed by atoms with van der Waals surface area (Å²) in [5, 5.41) is 6.85. The molecule has 0 unspecified atom stereocenters. The third-order valence-corrected chi connectivity index (χ3v) is 3.45. The molecule has 1 aromatic carbocycles. The lowest BCUT2D eigenvalue weighted by Gasteiger charge is -2.17. The molecule has 6 nitrogen and oxygen atoms in total. The van der Waals surface area contributed by atoms with Crippen LogP contribution in [0.15, 0.2) is 28.8 Å². The predicted octanol–water partition coefficient (Wildman–Crippen LogP) is 2.88. The van der Waals surface area contributed by atoms with E-state index in [0.717, 1.165) is 5.56 Å². The first-order valence-electron chi connectivity index (χ1n) is 7.84. The lowest BCUT2D eigenvalue weighted by molar-refractivity contribution is 0.207. The van der Waals surface area contributed by atoms with Gasteiger partial charge in [0.25, 0.3) is 5.89 Å². The highest BCUT2D eigenvalue weighted by Crippen LogP contribution is 2.17.